The molecule has 0 saturated carbocycles. The van der Waals surface area contributed by atoms with Crippen LogP contribution in [0.4, 0.5) is 40.8 Å². The molecule has 0 aliphatic rings. The molecule has 2 rings (SSSR count). The summed E-state index contributed by atoms with van der Waals surface area (Å²) in [6.07, 6.45) is -12.5. The first-order valence-corrected chi connectivity index (χ1v) is 8.78. The van der Waals surface area contributed by atoms with Crippen LogP contribution in [0.3, 0.4) is 0 Å². The molecule has 0 N–H and O–H groups in total. The van der Waals surface area contributed by atoms with Crippen LogP contribution in [0.2, 0.25) is 0 Å². The lowest BCUT2D eigenvalue weighted by molar-refractivity contribution is -0.385. The summed E-state index contributed by atoms with van der Waals surface area (Å²) < 4.78 is 113. The summed E-state index contributed by atoms with van der Waals surface area (Å²) in [4.78, 5) is 20.8. The lowest BCUT2D eigenvalue weighted by atomic mass is 10.1. The number of esters is 1. The monoisotopic (exact) mass is 491 g/mol. The van der Waals surface area contributed by atoms with Gasteiger partial charge in [-0.2, -0.15) is 26.3 Å². The van der Waals surface area contributed by atoms with Crippen LogP contribution in [0.25, 0.3) is 0 Å². The van der Waals surface area contributed by atoms with Crippen LogP contribution < -0.4 is 4.74 Å². The molecule has 0 unspecified atom stereocenters. The van der Waals surface area contributed by atoms with Crippen molar-refractivity contribution in [1.29, 1.82) is 0 Å². The fraction of sp³-hybridized carbons (Fsp3) is 0.235. The number of thioether (sulfide) groups is 1. The van der Waals surface area contributed by atoms with E-state index in [1.54, 1.807) is 0 Å². The fourth-order valence-electron chi connectivity index (χ4n) is 2.19. The lowest BCUT2D eigenvalue weighted by Crippen LogP contribution is -2.50. The molecule has 0 radical (unpaired) electrons. The maximum atomic E-state index is 14.1. The predicted octanol–water partition coefficient (Wildman–Crippen LogP) is 6.20. The van der Waals surface area contributed by atoms with Gasteiger partial charge in [0.1, 0.15) is 11.3 Å². The minimum Gasteiger partial charge on any atom is -0.465 e. The van der Waals surface area contributed by atoms with Gasteiger partial charge < -0.3 is 9.47 Å². The number of benzene rings is 2. The van der Waals surface area contributed by atoms with Crippen molar-refractivity contribution in [2.75, 3.05) is 7.11 Å². The van der Waals surface area contributed by atoms with Crippen LogP contribution in [-0.2, 0) is 4.74 Å². The third-order valence-electron chi connectivity index (χ3n) is 3.69. The zero-order valence-corrected chi connectivity index (χ0v) is 16.2. The van der Waals surface area contributed by atoms with E-state index >= 15 is 0 Å². The highest BCUT2D eigenvalue weighted by molar-refractivity contribution is 8.00. The number of rotatable bonds is 6. The predicted molar refractivity (Wildman–Crippen MR) is 92.7 cm³/mol. The maximum absolute atomic E-state index is 14.1. The van der Waals surface area contributed by atoms with Crippen LogP contribution in [0, 0.1) is 15.9 Å². The Labute approximate surface area is 177 Å². The van der Waals surface area contributed by atoms with Crippen molar-refractivity contribution in [3.05, 3.63) is 57.9 Å². The molecule has 0 spiro atoms. The number of hydrogen-bond donors (Lipinski definition) is 0. The SMILES string of the molecule is COC(=O)c1cc(Oc2ccc(SC(F)(C(F)(F)F)C(F)(F)F)cc2)c(F)cc1[N+](=O)[O-]. The van der Waals surface area contributed by atoms with Gasteiger partial charge in [-0.3, -0.25) is 10.1 Å². The van der Waals surface area contributed by atoms with Crippen LogP contribution in [0.15, 0.2) is 41.3 Å². The van der Waals surface area contributed by atoms with Gasteiger partial charge in [0.05, 0.1) is 18.1 Å². The number of carbonyl (C=O) groups is 1. The number of nitro groups is 1. The van der Waals surface area contributed by atoms with Gasteiger partial charge >= 0.3 is 23.3 Å². The van der Waals surface area contributed by atoms with E-state index in [0.29, 0.717) is 24.3 Å². The Morgan fingerprint density at radius 2 is 1.53 bits per heavy atom. The van der Waals surface area contributed by atoms with E-state index in [4.69, 9.17) is 4.74 Å². The Morgan fingerprint density at radius 3 is 1.97 bits per heavy atom. The average molecular weight is 491 g/mol. The minimum absolute atomic E-state index is 0.346. The van der Waals surface area contributed by atoms with Crippen molar-refractivity contribution in [3.8, 4) is 11.5 Å². The zero-order chi connectivity index (χ0) is 24.5. The molecule has 0 aromatic heterocycles. The Kier molecular flexibility index (Phi) is 6.92. The molecule has 0 saturated heterocycles. The molecule has 0 aliphatic carbocycles. The highest BCUT2D eigenvalue weighted by Gasteiger charge is 2.73. The van der Waals surface area contributed by atoms with Crippen molar-refractivity contribution in [2.24, 2.45) is 0 Å². The number of halogens is 8. The zero-order valence-electron chi connectivity index (χ0n) is 15.4. The van der Waals surface area contributed by atoms with Gasteiger partial charge in [-0.25, -0.2) is 13.6 Å². The van der Waals surface area contributed by atoms with E-state index in [-0.39, 0.29) is 5.75 Å². The lowest BCUT2D eigenvalue weighted by Gasteiger charge is -2.29. The van der Waals surface area contributed by atoms with E-state index in [0.717, 1.165) is 19.2 Å². The van der Waals surface area contributed by atoms with Crippen molar-refractivity contribution >= 4 is 23.4 Å². The second-order valence-corrected chi connectivity index (χ2v) is 7.05. The van der Waals surface area contributed by atoms with Crippen LogP contribution in [0.1, 0.15) is 10.4 Å². The molecular weight excluding hydrogens is 482 g/mol. The van der Waals surface area contributed by atoms with Gasteiger partial charge in [-0.15, -0.1) is 0 Å². The first-order valence-electron chi connectivity index (χ1n) is 7.96. The average Bonchev–Trinajstić information content (AvgIpc) is 2.68. The van der Waals surface area contributed by atoms with Gasteiger partial charge in [0.25, 0.3) is 5.69 Å². The first-order chi connectivity index (χ1) is 14.6. The van der Waals surface area contributed by atoms with E-state index in [9.17, 15) is 50.0 Å². The quantitative estimate of drug-likeness (QED) is 0.158. The Bertz CT molecular complexity index is 1010. The van der Waals surface area contributed by atoms with Crippen molar-refractivity contribution < 1.29 is 54.3 Å². The molecule has 2 aromatic rings. The van der Waals surface area contributed by atoms with Crippen LogP contribution in [0.5, 0.6) is 11.5 Å². The highest BCUT2D eigenvalue weighted by atomic mass is 32.2. The summed E-state index contributed by atoms with van der Waals surface area (Å²) in [6.45, 7) is 0. The molecule has 0 atom stereocenters. The van der Waals surface area contributed by atoms with E-state index in [2.05, 4.69) is 4.74 Å². The summed E-state index contributed by atoms with van der Waals surface area (Å²) in [7, 11) is 0.902. The number of hydrogen-bond acceptors (Lipinski definition) is 6. The first kappa shape index (κ1) is 25.2. The van der Waals surface area contributed by atoms with Gasteiger partial charge in [0.2, 0.25) is 0 Å². The molecule has 174 valence electrons. The van der Waals surface area contributed by atoms with Gasteiger partial charge in [-0.05, 0) is 24.3 Å². The van der Waals surface area contributed by atoms with Crippen molar-refractivity contribution in [1.82, 2.24) is 0 Å². The smallest absolute Gasteiger partial charge is 0.441 e. The maximum Gasteiger partial charge on any atom is 0.441 e. The van der Waals surface area contributed by atoms with Gasteiger partial charge in [0.15, 0.2) is 11.6 Å². The number of nitrogens with zero attached hydrogens (tertiary/aromatic N) is 1. The molecule has 0 fully saturated rings. The third kappa shape index (κ3) is 5.03. The van der Waals surface area contributed by atoms with Crippen LogP contribution in [-0.4, -0.2) is 35.4 Å². The number of ether oxygens (including phenoxy) is 2. The van der Waals surface area contributed by atoms with Crippen LogP contribution >= 0.6 is 11.8 Å². The largest absolute Gasteiger partial charge is 0.465 e. The fourth-order valence-corrected chi connectivity index (χ4v) is 3.02. The van der Waals surface area contributed by atoms with Gasteiger partial charge in [0, 0.05) is 11.0 Å². The standard InChI is InChI=1S/C17H9F8NO5S/c1-30-14(27)10-6-13(11(18)7-12(10)26(28)29)31-8-2-4-9(5-3-8)32-15(19,16(20,21)22)17(23,24)25/h2-7H,1H3. The highest BCUT2D eigenvalue weighted by Crippen LogP contribution is 2.55. The molecule has 32 heavy (non-hydrogen) atoms. The van der Waals surface area contributed by atoms with E-state index < -0.39 is 67.7 Å². The van der Waals surface area contributed by atoms with E-state index in [1.165, 1.54) is 0 Å². The van der Waals surface area contributed by atoms with E-state index in [1.807, 2.05) is 0 Å². The van der Waals surface area contributed by atoms with Crippen molar-refractivity contribution in [2.45, 2.75) is 22.2 Å². The number of alkyl halides is 7. The topological polar surface area (TPSA) is 78.7 Å². The molecule has 0 amide bonds. The summed E-state index contributed by atoms with van der Waals surface area (Å²) in [5.41, 5.74) is -1.62. The molecular formula is C17H9F8NO5S. The Morgan fingerprint density at radius 1 is 1.00 bits per heavy atom. The summed E-state index contributed by atoms with van der Waals surface area (Å²) in [6, 6.07) is 3.88. The summed E-state index contributed by atoms with van der Waals surface area (Å²) >= 11 is -1.14. The number of methoxy groups -OCH3 is 1. The number of nitro benzene ring substituents is 1. The minimum atomic E-state index is -6.27. The second-order valence-electron chi connectivity index (χ2n) is 5.81. The van der Waals surface area contributed by atoms with Gasteiger partial charge in [-0.1, -0.05) is 11.8 Å². The number of carbonyl (C=O) groups excluding carboxylic acids is 1. The normalized spacial score (nSPS) is 12.4. The molecule has 0 bridgehead atoms. The van der Waals surface area contributed by atoms with Crippen molar-refractivity contribution in [3.63, 3.8) is 0 Å². The third-order valence-corrected chi connectivity index (χ3v) is 4.94. The molecule has 15 heteroatoms. The summed E-state index contributed by atoms with van der Waals surface area (Å²) in [5.74, 6) is -3.59. The molecule has 2 aromatic carbocycles. The Balaban J connectivity index is 2.34. The second kappa shape index (κ2) is 8.80. The molecule has 0 heterocycles. The molecule has 6 nitrogen and oxygen atoms in total. The molecule has 0 aliphatic heterocycles. The summed E-state index contributed by atoms with van der Waals surface area (Å²) in [5, 5.41) is 5.37. The Hall–Kier alpha value is -3.10.